The minimum Gasteiger partial charge on any atom is -0.394 e. The van der Waals surface area contributed by atoms with Crippen LogP contribution in [0.3, 0.4) is 0 Å². The second-order valence-electron chi connectivity index (χ2n) is 4.74. The summed E-state index contributed by atoms with van der Waals surface area (Å²) in [7, 11) is 0. The van der Waals surface area contributed by atoms with Crippen molar-refractivity contribution in [3.63, 3.8) is 0 Å². The number of aliphatic hydroxyl groups excluding tert-OH is 2. The topological polar surface area (TPSA) is 58.9 Å². The maximum Gasteiger partial charge on any atom is 0.0773 e. The van der Waals surface area contributed by atoms with E-state index in [-0.39, 0.29) is 12.7 Å². The first kappa shape index (κ1) is 16.8. The molecule has 0 saturated heterocycles. The Balaban J connectivity index is 3.14. The van der Waals surface area contributed by atoms with E-state index >= 15 is 0 Å². The molecule has 0 aliphatic carbocycles. The Hall–Kier alpha value is -0.160. The van der Waals surface area contributed by atoms with Crippen molar-refractivity contribution >= 4 is 0 Å². The van der Waals surface area contributed by atoms with Crippen molar-refractivity contribution in [2.24, 2.45) is 5.92 Å². The van der Waals surface area contributed by atoms with Gasteiger partial charge in [0, 0.05) is 0 Å². The Bertz CT molecular complexity index is 150. The van der Waals surface area contributed by atoms with Gasteiger partial charge in [-0.05, 0) is 12.3 Å². The van der Waals surface area contributed by atoms with Crippen molar-refractivity contribution in [2.75, 3.05) is 33.0 Å². The molecule has 0 rings (SSSR count). The van der Waals surface area contributed by atoms with E-state index in [1.165, 1.54) is 12.8 Å². The zero-order chi connectivity index (χ0) is 12.9. The molecule has 0 radical (unpaired) electrons. The first-order chi connectivity index (χ1) is 8.16. The van der Waals surface area contributed by atoms with E-state index in [0.717, 1.165) is 18.8 Å². The van der Waals surface area contributed by atoms with Crippen LogP contribution >= 0.6 is 0 Å². The Morgan fingerprint density at radius 2 is 1.59 bits per heavy atom. The molecule has 0 aliphatic rings. The standard InChI is InChI=1S/C13H28O4/c1-12(2)5-3-4-6-13(15)11-17-10-9-16-8-7-14/h12-15H,3-11H2,1-2H3. The molecular weight excluding hydrogens is 220 g/mol. The number of unbranched alkanes of at least 4 members (excludes halogenated alkanes) is 1. The van der Waals surface area contributed by atoms with E-state index in [9.17, 15) is 5.11 Å². The van der Waals surface area contributed by atoms with Crippen LogP contribution in [-0.2, 0) is 9.47 Å². The average Bonchev–Trinajstić information content (AvgIpc) is 2.29. The first-order valence-electron chi connectivity index (χ1n) is 6.61. The van der Waals surface area contributed by atoms with Crippen molar-refractivity contribution in [2.45, 2.75) is 45.6 Å². The molecule has 0 heterocycles. The van der Waals surface area contributed by atoms with Crippen molar-refractivity contribution in [3.05, 3.63) is 0 Å². The van der Waals surface area contributed by atoms with E-state index in [1.54, 1.807) is 0 Å². The van der Waals surface area contributed by atoms with Crippen LogP contribution in [0.4, 0.5) is 0 Å². The smallest absolute Gasteiger partial charge is 0.0773 e. The van der Waals surface area contributed by atoms with Crippen LogP contribution in [0.15, 0.2) is 0 Å². The van der Waals surface area contributed by atoms with Crippen LogP contribution < -0.4 is 0 Å². The zero-order valence-electron chi connectivity index (χ0n) is 11.2. The number of rotatable bonds is 12. The van der Waals surface area contributed by atoms with Crippen molar-refractivity contribution in [1.82, 2.24) is 0 Å². The fourth-order valence-corrected chi connectivity index (χ4v) is 1.52. The molecule has 2 N–H and O–H groups in total. The lowest BCUT2D eigenvalue weighted by molar-refractivity contribution is -0.00469. The molecule has 0 aromatic rings. The monoisotopic (exact) mass is 248 g/mol. The van der Waals surface area contributed by atoms with Crippen LogP contribution in [0, 0.1) is 5.92 Å². The van der Waals surface area contributed by atoms with E-state index in [1.807, 2.05) is 0 Å². The summed E-state index contributed by atoms with van der Waals surface area (Å²) in [6.45, 7) is 6.14. The lowest BCUT2D eigenvalue weighted by Crippen LogP contribution is -2.17. The summed E-state index contributed by atoms with van der Waals surface area (Å²) in [6.07, 6.45) is 3.91. The molecule has 0 fully saturated rings. The van der Waals surface area contributed by atoms with Crippen LogP contribution in [0.5, 0.6) is 0 Å². The van der Waals surface area contributed by atoms with Gasteiger partial charge in [0.2, 0.25) is 0 Å². The molecule has 104 valence electrons. The van der Waals surface area contributed by atoms with E-state index in [2.05, 4.69) is 13.8 Å². The fraction of sp³-hybridized carbons (Fsp3) is 1.00. The maximum absolute atomic E-state index is 9.61. The molecule has 0 aromatic carbocycles. The largest absolute Gasteiger partial charge is 0.394 e. The molecule has 0 aliphatic heterocycles. The average molecular weight is 248 g/mol. The van der Waals surface area contributed by atoms with Gasteiger partial charge in [-0.1, -0.05) is 33.1 Å². The molecule has 0 spiro atoms. The predicted molar refractivity (Wildman–Crippen MR) is 68.0 cm³/mol. The predicted octanol–water partition coefficient (Wildman–Crippen LogP) is 1.59. The SMILES string of the molecule is CC(C)CCCCC(O)COCCOCCO. The van der Waals surface area contributed by atoms with E-state index in [4.69, 9.17) is 14.6 Å². The van der Waals surface area contributed by atoms with Crippen LogP contribution in [0.25, 0.3) is 0 Å². The summed E-state index contributed by atoms with van der Waals surface area (Å²) >= 11 is 0. The molecule has 4 heteroatoms. The highest BCUT2D eigenvalue weighted by Gasteiger charge is 2.04. The normalized spacial score (nSPS) is 13.2. The third-order valence-corrected chi connectivity index (χ3v) is 2.49. The van der Waals surface area contributed by atoms with Crippen LogP contribution in [0.1, 0.15) is 39.5 Å². The highest BCUT2D eigenvalue weighted by atomic mass is 16.5. The summed E-state index contributed by atoms with van der Waals surface area (Å²) < 4.78 is 10.3. The molecule has 17 heavy (non-hydrogen) atoms. The second-order valence-corrected chi connectivity index (χ2v) is 4.74. The lowest BCUT2D eigenvalue weighted by atomic mass is 10.0. The van der Waals surface area contributed by atoms with Crippen molar-refractivity contribution < 1.29 is 19.7 Å². The van der Waals surface area contributed by atoms with Crippen LogP contribution in [-0.4, -0.2) is 49.4 Å². The summed E-state index contributed by atoms with van der Waals surface area (Å²) in [4.78, 5) is 0. The summed E-state index contributed by atoms with van der Waals surface area (Å²) in [5.74, 6) is 0.743. The Morgan fingerprint density at radius 3 is 2.24 bits per heavy atom. The zero-order valence-corrected chi connectivity index (χ0v) is 11.2. The highest BCUT2D eigenvalue weighted by molar-refractivity contribution is 4.55. The fourth-order valence-electron chi connectivity index (χ4n) is 1.52. The maximum atomic E-state index is 9.61. The van der Waals surface area contributed by atoms with Gasteiger partial charge in [0.05, 0.1) is 39.1 Å². The Kier molecular flexibility index (Phi) is 12.2. The quantitative estimate of drug-likeness (QED) is 0.515. The molecular formula is C13H28O4. The number of aliphatic hydroxyl groups is 2. The van der Waals surface area contributed by atoms with E-state index in [0.29, 0.717) is 26.4 Å². The van der Waals surface area contributed by atoms with Crippen LogP contribution in [0.2, 0.25) is 0 Å². The van der Waals surface area contributed by atoms with Crippen molar-refractivity contribution in [3.8, 4) is 0 Å². The van der Waals surface area contributed by atoms with Gasteiger partial charge in [0.15, 0.2) is 0 Å². The minimum atomic E-state index is -0.361. The van der Waals surface area contributed by atoms with Gasteiger partial charge in [-0.25, -0.2) is 0 Å². The number of hydrogen-bond donors (Lipinski definition) is 2. The molecule has 0 saturated carbocycles. The van der Waals surface area contributed by atoms with Gasteiger partial charge in [-0.2, -0.15) is 0 Å². The van der Waals surface area contributed by atoms with Crippen molar-refractivity contribution in [1.29, 1.82) is 0 Å². The van der Waals surface area contributed by atoms with E-state index < -0.39 is 0 Å². The first-order valence-corrected chi connectivity index (χ1v) is 6.61. The Labute approximate surface area is 105 Å². The van der Waals surface area contributed by atoms with Gasteiger partial charge in [-0.15, -0.1) is 0 Å². The third kappa shape index (κ3) is 13.8. The van der Waals surface area contributed by atoms with Gasteiger partial charge < -0.3 is 19.7 Å². The highest BCUT2D eigenvalue weighted by Crippen LogP contribution is 2.09. The molecule has 0 aromatic heterocycles. The molecule has 4 nitrogen and oxygen atoms in total. The van der Waals surface area contributed by atoms with Gasteiger partial charge in [0.1, 0.15) is 0 Å². The third-order valence-electron chi connectivity index (χ3n) is 2.49. The van der Waals surface area contributed by atoms with Gasteiger partial charge in [0.25, 0.3) is 0 Å². The van der Waals surface area contributed by atoms with Gasteiger partial charge in [-0.3, -0.25) is 0 Å². The lowest BCUT2D eigenvalue weighted by Gasteiger charge is -2.11. The molecule has 1 unspecified atom stereocenters. The molecule has 1 atom stereocenters. The number of hydrogen-bond acceptors (Lipinski definition) is 4. The summed E-state index contributed by atoms with van der Waals surface area (Å²) in [6, 6.07) is 0. The summed E-state index contributed by atoms with van der Waals surface area (Å²) in [5.41, 5.74) is 0. The minimum absolute atomic E-state index is 0.0402. The second kappa shape index (κ2) is 12.3. The van der Waals surface area contributed by atoms with Gasteiger partial charge >= 0.3 is 0 Å². The number of ether oxygens (including phenoxy) is 2. The molecule has 0 amide bonds. The molecule has 0 bridgehead atoms. The summed E-state index contributed by atoms with van der Waals surface area (Å²) in [5, 5.41) is 18.1. The Morgan fingerprint density at radius 1 is 0.941 bits per heavy atom.